The summed E-state index contributed by atoms with van der Waals surface area (Å²) in [7, 11) is 0. The highest BCUT2D eigenvalue weighted by molar-refractivity contribution is 5.71. The van der Waals surface area contributed by atoms with Crippen LogP contribution in [0, 0.1) is 5.92 Å². The van der Waals surface area contributed by atoms with Crippen molar-refractivity contribution in [2.24, 2.45) is 5.92 Å². The van der Waals surface area contributed by atoms with E-state index in [1.807, 2.05) is 30.3 Å². The number of hydrogen-bond donors (Lipinski definition) is 1. The van der Waals surface area contributed by atoms with E-state index < -0.39 is 6.10 Å². The van der Waals surface area contributed by atoms with Gasteiger partial charge >= 0.3 is 11.9 Å². The van der Waals surface area contributed by atoms with Crippen molar-refractivity contribution in [2.75, 3.05) is 13.2 Å². The van der Waals surface area contributed by atoms with E-state index in [0.29, 0.717) is 26.1 Å². The quantitative estimate of drug-likeness (QED) is 0.670. The molecule has 0 heterocycles. The summed E-state index contributed by atoms with van der Waals surface area (Å²) in [6, 6.07) is 9.57. The SMILES string of the molecule is CCOC(=O)CCC(CC(=O)OCC)C(O)Cc1ccccc1. The first-order valence-corrected chi connectivity index (χ1v) is 8.10. The number of aliphatic hydroxyl groups is 1. The Balaban J connectivity index is 2.64. The molecule has 0 spiro atoms. The number of ether oxygens (including phenoxy) is 2. The second kappa shape index (κ2) is 10.8. The fourth-order valence-electron chi connectivity index (χ4n) is 2.42. The van der Waals surface area contributed by atoms with Gasteiger partial charge in [-0.3, -0.25) is 9.59 Å². The molecule has 2 atom stereocenters. The summed E-state index contributed by atoms with van der Waals surface area (Å²) in [5, 5.41) is 10.5. The van der Waals surface area contributed by atoms with Crippen LogP contribution in [0.4, 0.5) is 0 Å². The van der Waals surface area contributed by atoms with Crippen molar-refractivity contribution in [3.05, 3.63) is 35.9 Å². The molecule has 23 heavy (non-hydrogen) atoms. The highest BCUT2D eigenvalue weighted by Crippen LogP contribution is 2.21. The lowest BCUT2D eigenvalue weighted by Gasteiger charge is -2.22. The molecule has 2 unspecified atom stereocenters. The Hall–Kier alpha value is -1.88. The van der Waals surface area contributed by atoms with E-state index in [1.165, 1.54) is 0 Å². The smallest absolute Gasteiger partial charge is 0.306 e. The third-order valence-corrected chi connectivity index (χ3v) is 3.59. The summed E-state index contributed by atoms with van der Waals surface area (Å²) in [6.07, 6.45) is 0.404. The molecule has 0 amide bonds. The van der Waals surface area contributed by atoms with Gasteiger partial charge in [-0.25, -0.2) is 0 Å². The molecule has 0 aromatic heterocycles. The van der Waals surface area contributed by atoms with Gasteiger partial charge in [0.05, 0.1) is 25.7 Å². The second-order valence-corrected chi connectivity index (χ2v) is 5.37. The Kier molecular flexibility index (Phi) is 8.98. The van der Waals surface area contributed by atoms with Gasteiger partial charge in [0.2, 0.25) is 0 Å². The number of hydrogen-bond acceptors (Lipinski definition) is 5. The van der Waals surface area contributed by atoms with Crippen LogP contribution in [0.2, 0.25) is 0 Å². The molecule has 0 bridgehead atoms. The monoisotopic (exact) mass is 322 g/mol. The van der Waals surface area contributed by atoms with Gasteiger partial charge in [-0.2, -0.15) is 0 Å². The van der Waals surface area contributed by atoms with Gasteiger partial charge in [-0.15, -0.1) is 0 Å². The minimum Gasteiger partial charge on any atom is -0.466 e. The molecule has 1 N–H and O–H groups in total. The van der Waals surface area contributed by atoms with Crippen molar-refractivity contribution in [3.63, 3.8) is 0 Å². The van der Waals surface area contributed by atoms with Crippen molar-refractivity contribution in [2.45, 2.75) is 45.6 Å². The minimum absolute atomic E-state index is 0.0985. The first-order valence-electron chi connectivity index (χ1n) is 8.10. The number of carbonyl (C=O) groups is 2. The van der Waals surface area contributed by atoms with Gasteiger partial charge in [0.15, 0.2) is 0 Å². The highest BCUT2D eigenvalue weighted by atomic mass is 16.5. The normalized spacial score (nSPS) is 13.2. The molecule has 1 aromatic carbocycles. The molecule has 0 aliphatic rings. The third-order valence-electron chi connectivity index (χ3n) is 3.59. The minimum atomic E-state index is -0.712. The largest absolute Gasteiger partial charge is 0.466 e. The maximum Gasteiger partial charge on any atom is 0.306 e. The van der Waals surface area contributed by atoms with Crippen LogP contribution < -0.4 is 0 Å². The molecule has 0 fully saturated rings. The van der Waals surface area contributed by atoms with Crippen molar-refractivity contribution in [3.8, 4) is 0 Å². The van der Waals surface area contributed by atoms with Crippen molar-refractivity contribution < 1.29 is 24.2 Å². The molecule has 5 heteroatoms. The molecule has 0 saturated heterocycles. The lowest BCUT2D eigenvalue weighted by atomic mass is 9.89. The number of aliphatic hydroxyl groups excluding tert-OH is 1. The zero-order valence-electron chi connectivity index (χ0n) is 13.9. The summed E-state index contributed by atoms with van der Waals surface area (Å²) in [4.78, 5) is 23.3. The Morgan fingerprint density at radius 2 is 1.65 bits per heavy atom. The molecule has 0 aliphatic carbocycles. The van der Waals surface area contributed by atoms with E-state index in [9.17, 15) is 14.7 Å². The summed E-state index contributed by atoms with van der Waals surface area (Å²) in [5.74, 6) is -1.000. The van der Waals surface area contributed by atoms with Gasteiger partial charge in [-0.1, -0.05) is 30.3 Å². The first kappa shape index (κ1) is 19.2. The summed E-state index contributed by atoms with van der Waals surface area (Å²) in [6.45, 7) is 4.12. The van der Waals surface area contributed by atoms with Crippen LogP contribution in [0.15, 0.2) is 30.3 Å². The van der Waals surface area contributed by atoms with Crippen molar-refractivity contribution in [1.29, 1.82) is 0 Å². The molecule has 1 rings (SSSR count). The molecule has 1 aromatic rings. The predicted octanol–water partition coefficient (Wildman–Crippen LogP) is 2.50. The van der Waals surface area contributed by atoms with Gasteiger partial charge in [0, 0.05) is 6.42 Å². The van der Waals surface area contributed by atoms with E-state index in [0.717, 1.165) is 5.56 Å². The van der Waals surface area contributed by atoms with Gasteiger partial charge in [-0.05, 0) is 38.2 Å². The Bertz CT molecular complexity index is 472. The topological polar surface area (TPSA) is 72.8 Å². The fourth-order valence-corrected chi connectivity index (χ4v) is 2.42. The van der Waals surface area contributed by atoms with Crippen LogP contribution in [0.5, 0.6) is 0 Å². The molecule has 128 valence electrons. The Morgan fingerprint density at radius 3 is 2.26 bits per heavy atom. The molecule has 0 radical (unpaired) electrons. The van der Waals surface area contributed by atoms with Crippen LogP contribution in [0.1, 0.15) is 38.7 Å². The van der Waals surface area contributed by atoms with Crippen molar-refractivity contribution >= 4 is 11.9 Å². The first-order chi connectivity index (χ1) is 11.1. The predicted molar refractivity (Wildman–Crippen MR) is 86.8 cm³/mol. The molecule has 0 saturated carbocycles. The number of esters is 2. The van der Waals surface area contributed by atoms with Crippen molar-refractivity contribution in [1.82, 2.24) is 0 Å². The maximum atomic E-state index is 11.7. The van der Waals surface area contributed by atoms with E-state index in [4.69, 9.17) is 9.47 Å². The Morgan fingerprint density at radius 1 is 1.04 bits per heavy atom. The average Bonchev–Trinajstić information content (AvgIpc) is 2.52. The standard InChI is InChI=1S/C18H26O5/c1-3-22-17(20)11-10-15(13-18(21)23-4-2)16(19)12-14-8-6-5-7-9-14/h5-9,15-16,19H,3-4,10-13H2,1-2H3. The van der Waals surface area contributed by atoms with Gasteiger partial charge in [0.1, 0.15) is 0 Å². The van der Waals surface area contributed by atoms with Gasteiger partial charge in [0.25, 0.3) is 0 Å². The highest BCUT2D eigenvalue weighted by Gasteiger charge is 2.24. The van der Waals surface area contributed by atoms with E-state index in [2.05, 4.69) is 0 Å². The number of rotatable bonds is 10. The number of benzene rings is 1. The van der Waals surface area contributed by atoms with Crippen LogP contribution in [0.25, 0.3) is 0 Å². The van der Waals surface area contributed by atoms with Crippen LogP contribution in [-0.4, -0.2) is 36.4 Å². The average molecular weight is 322 g/mol. The maximum absolute atomic E-state index is 11.7. The van der Waals surface area contributed by atoms with Crippen LogP contribution >= 0.6 is 0 Å². The summed E-state index contributed by atoms with van der Waals surface area (Å²) < 4.78 is 9.87. The fraction of sp³-hybridized carbons (Fsp3) is 0.556. The van der Waals surface area contributed by atoms with E-state index in [-0.39, 0.29) is 30.7 Å². The zero-order chi connectivity index (χ0) is 17.1. The molecular weight excluding hydrogens is 296 g/mol. The summed E-state index contributed by atoms with van der Waals surface area (Å²) in [5.41, 5.74) is 0.991. The van der Waals surface area contributed by atoms with Crippen LogP contribution in [0.3, 0.4) is 0 Å². The molecule has 0 aliphatic heterocycles. The Labute approximate surface area is 137 Å². The molecule has 5 nitrogen and oxygen atoms in total. The van der Waals surface area contributed by atoms with E-state index >= 15 is 0 Å². The summed E-state index contributed by atoms with van der Waals surface area (Å²) >= 11 is 0. The second-order valence-electron chi connectivity index (χ2n) is 5.37. The third kappa shape index (κ3) is 7.79. The number of carbonyl (C=O) groups excluding carboxylic acids is 2. The zero-order valence-corrected chi connectivity index (χ0v) is 13.9. The van der Waals surface area contributed by atoms with Gasteiger partial charge < -0.3 is 14.6 Å². The lowest BCUT2D eigenvalue weighted by molar-refractivity contribution is -0.147. The molecular formula is C18H26O5. The van der Waals surface area contributed by atoms with Crippen LogP contribution in [-0.2, 0) is 25.5 Å². The van der Waals surface area contributed by atoms with E-state index in [1.54, 1.807) is 13.8 Å². The lowest BCUT2D eigenvalue weighted by Crippen LogP contribution is -2.27.